The molecule has 1 unspecified atom stereocenters. The van der Waals surface area contributed by atoms with E-state index < -0.39 is 0 Å². The van der Waals surface area contributed by atoms with Gasteiger partial charge >= 0.3 is 0 Å². The van der Waals surface area contributed by atoms with E-state index in [9.17, 15) is 0 Å². The number of rotatable bonds is 4. The molecular weight excluding hydrogens is 292 g/mol. The molecule has 0 bridgehead atoms. The molecule has 18 heavy (non-hydrogen) atoms. The third kappa shape index (κ3) is 3.01. The van der Waals surface area contributed by atoms with Crippen molar-refractivity contribution in [2.24, 2.45) is 0 Å². The van der Waals surface area contributed by atoms with Crippen LogP contribution in [0.3, 0.4) is 0 Å². The molecule has 0 fully saturated rings. The van der Waals surface area contributed by atoms with Crippen molar-refractivity contribution < 1.29 is 4.74 Å². The highest BCUT2D eigenvalue weighted by Gasteiger charge is 2.07. The molecule has 0 aliphatic rings. The van der Waals surface area contributed by atoms with Crippen molar-refractivity contribution in [3.8, 4) is 5.75 Å². The first-order chi connectivity index (χ1) is 8.70. The Kier molecular flexibility index (Phi) is 4.20. The molecule has 0 saturated heterocycles. The number of halogens is 1. The number of pyridine rings is 1. The predicted octanol–water partition coefficient (Wildman–Crippen LogP) is 4.03. The fourth-order valence-electron chi connectivity index (χ4n) is 1.72. The van der Waals surface area contributed by atoms with Gasteiger partial charge < -0.3 is 10.1 Å². The van der Waals surface area contributed by atoms with E-state index in [1.54, 1.807) is 13.3 Å². The Labute approximate surface area is 115 Å². The van der Waals surface area contributed by atoms with Gasteiger partial charge in [-0.2, -0.15) is 0 Å². The summed E-state index contributed by atoms with van der Waals surface area (Å²) < 4.78 is 6.22. The average Bonchev–Trinajstić information content (AvgIpc) is 2.42. The van der Waals surface area contributed by atoms with Crippen molar-refractivity contribution in [3.63, 3.8) is 0 Å². The van der Waals surface area contributed by atoms with E-state index in [4.69, 9.17) is 4.74 Å². The van der Waals surface area contributed by atoms with Crippen LogP contribution in [0.1, 0.15) is 18.5 Å². The van der Waals surface area contributed by atoms with Crippen molar-refractivity contribution in [1.82, 2.24) is 4.98 Å². The molecule has 2 aromatic rings. The van der Waals surface area contributed by atoms with Gasteiger partial charge in [-0.3, -0.25) is 4.98 Å². The lowest BCUT2D eigenvalue weighted by Gasteiger charge is -2.16. The minimum Gasteiger partial charge on any atom is -0.495 e. The highest BCUT2D eigenvalue weighted by molar-refractivity contribution is 9.10. The lowest BCUT2D eigenvalue weighted by Crippen LogP contribution is -2.06. The molecule has 1 N–H and O–H groups in total. The summed E-state index contributed by atoms with van der Waals surface area (Å²) in [5, 5.41) is 3.42. The van der Waals surface area contributed by atoms with Crippen molar-refractivity contribution >= 4 is 21.6 Å². The van der Waals surface area contributed by atoms with Gasteiger partial charge in [0.15, 0.2) is 0 Å². The maximum absolute atomic E-state index is 5.27. The van der Waals surface area contributed by atoms with Crippen LogP contribution in [0.2, 0.25) is 0 Å². The first kappa shape index (κ1) is 12.9. The van der Waals surface area contributed by atoms with Gasteiger partial charge in [0.1, 0.15) is 5.75 Å². The summed E-state index contributed by atoms with van der Waals surface area (Å²) in [5.74, 6) is 0.818. The fraction of sp³-hybridized carbons (Fsp3) is 0.214. The van der Waals surface area contributed by atoms with Gasteiger partial charge in [-0.25, -0.2) is 0 Å². The van der Waals surface area contributed by atoms with Crippen LogP contribution in [0.25, 0.3) is 0 Å². The topological polar surface area (TPSA) is 34.1 Å². The SMILES string of the molecule is COc1cc(NC(C)c2cccnc2)ccc1Br. The minimum absolute atomic E-state index is 0.199. The summed E-state index contributed by atoms with van der Waals surface area (Å²) in [5.41, 5.74) is 2.17. The zero-order valence-corrected chi connectivity index (χ0v) is 11.9. The summed E-state index contributed by atoms with van der Waals surface area (Å²) in [4.78, 5) is 4.12. The number of ether oxygens (including phenoxy) is 1. The minimum atomic E-state index is 0.199. The van der Waals surface area contributed by atoms with Gasteiger partial charge in [0.25, 0.3) is 0 Å². The second-order valence-electron chi connectivity index (χ2n) is 4.00. The fourth-order valence-corrected chi connectivity index (χ4v) is 2.12. The highest BCUT2D eigenvalue weighted by atomic mass is 79.9. The molecule has 1 aromatic heterocycles. The van der Waals surface area contributed by atoms with E-state index in [2.05, 4.69) is 39.2 Å². The molecule has 94 valence electrons. The summed E-state index contributed by atoms with van der Waals surface area (Å²) in [7, 11) is 1.66. The highest BCUT2D eigenvalue weighted by Crippen LogP contribution is 2.29. The van der Waals surface area contributed by atoms with Crippen LogP contribution in [0.5, 0.6) is 5.75 Å². The predicted molar refractivity (Wildman–Crippen MR) is 77.0 cm³/mol. The van der Waals surface area contributed by atoms with Crippen LogP contribution >= 0.6 is 15.9 Å². The number of hydrogen-bond donors (Lipinski definition) is 1. The number of anilines is 1. The monoisotopic (exact) mass is 306 g/mol. The van der Waals surface area contributed by atoms with Crippen LogP contribution < -0.4 is 10.1 Å². The van der Waals surface area contributed by atoms with Gasteiger partial charge in [-0.1, -0.05) is 6.07 Å². The molecule has 3 nitrogen and oxygen atoms in total. The van der Waals surface area contributed by atoms with Gasteiger partial charge in [-0.15, -0.1) is 0 Å². The summed E-state index contributed by atoms with van der Waals surface area (Å²) >= 11 is 3.44. The van der Waals surface area contributed by atoms with E-state index in [-0.39, 0.29) is 6.04 Å². The van der Waals surface area contributed by atoms with Crippen molar-refractivity contribution in [3.05, 3.63) is 52.8 Å². The van der Waals surface area contributed by atoms with E-state index in [0.717, 1.165) is 21.5 Å². The van der Waals surface area contributed by atoms with E-state index in [1.807, 2.05) is 30.5 Å². The zero-order chi connectivity index (χ0) is 13.0. The Bertz CT molecular complexity index is 516. The summed E-state index contributed by atoms with van der Waals surface area (Å²) in [6.07, 6.45) is 3.65. The maximum Gasteiger partial charge on any atom is 0.135 e. The quantitative estimate of drug-likeness (QED) is 0.926. The molecule has 4 heteroatoms. The third-order valence-electron chi connectivity index (χ3n) is 2.72. The molecule has 2 rings (SSSR count). The zero-order valence-electron chi connectivity index (χ0n) is 10.4. The average molecular weight is 307 g/mol. The summed E-state index contributed by atoms with van der Waals surface area (Å²) in [6.45, 7) is 2.10. The molecule has 1 aromatic carbocycles. The van der Waals surface area contributed by atoms with E-state index in [1.165, 1.54) is 0 Å². The first-order valence-electron chi connectivity index (χ1n) is 5.70. The Balaban J connectivity index is 2.14. The maximum atomic E-state index is 5.27. The Morgan fingerprint density at radius 2 is 2.17 bits per heavy atom. The number of benzene rings is 1. The van der Waals surface area contributed by atoms with Gasteiger partial charge in [-0.05, 0) is 46.6 Å². The second kappa shape index (κ2) is 5.87. The largest absolute Gasteiger partial charge is 0.495 e. The molecule has 1 heterocycles. The van der Waals surface area contributed by atoms with Crippen LogP contribution in [-0.2, 0) is 0 Å². The third-order valence-corrected chi connectivity index (χ3v) is 3.37. The smallest absolute Gasteiger partial charge is 0.135 e. The van der Waals surface area contributed by atoms with Gasteiger partial charge in [0.2, 0.25) is 0 Å². The number of methoxy groups -OCH3 is 1. The molecule has 1 atom stereocenters. The van der Waals surface area contributed by atoms with Crippen molar-refractivity contribution in [2.45, 2.75) is 13.0 Å². The van der Waals surface area contributed by atoms with Crippen molar-refractivity contribution in [1.29, 1.82) is 0 Å². The lowest BCUT2D eigenvalue weighted by atomic mass is 10.1. The molecule has 0 saturated carbocycles. The number of nitrogens with zero attached hydrogens (tertiary/aromatic N) is 1. The number of nitrogens with one attached hydrogen (secondary N) is 1. The second-order valence-corrected chi connectivity index (χ2v) is 4.86. The first-order valence-corrected chi connectivity index (χ1v) is 6.50. The van der Waals surface area contributed by atoms with Crippen LogP contribution in [0.4, 0.5) is 5.69 Å². The molecule has 0 spiro atoms. The van der Waals surface area contributed by atoms with Gasteiger partial charge in [0, 0.05) is 24.1 Å². The molecule has 0 amide bonds. The molecule has 0 radical (unpaired) electrons. The normalized spacial score (nSPS) is 11.9. The number of aromatic nitrogens is 1. The summed E-state index contributed by atoms with van der Waals surface area (Å²) in [6, 6.07) is 10.1. The van der Waals surface area contributed by atoms with Crippen LogP contribution in [0.15, 0.2) is 47.2 Å². The molecular formula is C14H15BrN2O. The van der Waals surface area contributed by atoms with Crippen molar-refractivity contribution in [2.75, 3.05) is 12.4 Å². The number of hydrogen-bond acceptors (Lipinski definition) is 3. The van der Waals surface area contributed by atoms with E-state index in [0.29, 0.717) is 0 Å². The Morgan fingerprint density at radius 1 is 1.33 bits per heavy atom. The Morgan fingerprint density at radius 3 is 2.83 bits per heavy atom. The Hall–Kier alpha value is -1.55. The lowest BCUT2D eigenvalue weighted by molar-refractivity contribution is 0.412. The van der Waals surface area contributed by atoms with Gasteiger partial charge in [0.05, 0.1) is 17.6 Å². The van der Waals surface area contributed by atoms with E-state index >= 15 is 0 Å². The molecule has 0 aliphatic carbocycles. The standard InChI is InChI=1S/C14H15BrN2O/c1-10(11-4-3-7-16-9-11)17-12-5-6-13(15)14(8-12)18-2/h3-10,17H,1-2H3. The van der Waals surface area contributed by atoms with Crippen LogP contribution in [0, 0.1) is 0 Å². The van der Waals surface area contributed by atoms with Crippen LogP contribution in [-0.4, -0.2) is 12.1 Å². The molecule has 0 aliphatic heterocycles.